The first-order valence-corrected chi connectivity index (χ1v) is 10.3. The second-order valence-corrected chi connectivity index (χ2v) is 8.21. The molecule has 5 nitrogen and oxygen atoms in total. The van der Waals surface area contributed by atoms with E-state index in [1.807, 2.05) is 6.92 Å². The summed E-state index contributed by atoms with van der Waals surface area (Å²) in [7, 11) is 0. The lowest BCUT2D eigenvalue weighted by Gasteiger charge is -2.26. The Morgan fingerprint density at radius 3 is 2.47 bits per heavy atom. The average Bonchev–Trinajstić information content (AvgIpc) is 3.00. The van der Waals surface area contributed by atoms with Crippen molar-refractivity contribution in [3.05, 3.63) is 98.7 Å². The third kappa shape index (κ3) is 3.53. The Morgan fingerprint density at radius 1 is 1.10 bits per heavy atom. The smallest absolute Gasteiger partial charge is 0.300 e. The van der Waals surface area contributed by atoms with Crippen LogP contribution in [-0.2, 0) is 9.59 Å². The molecule has 150 valence electrons. The Labute approximate surface area is 186 Å². The zero-order chi connectivity index (χ0) is 21.4. The molecule has 2 aromatic carbocycles. The van der Waals surface area contributed by atoms with E-state index in [9.17, 15) is 14.7 Å². The molecule has 0 spiro atoms. The highest BCUT2D eigenvalue weighted by Crippen LogP contribution is 2.42. The molecule has 1 saturated heterocycles. The molecule has 1 fully saturated rings. The Hall–Kier alpha value is -2.96. The van der Waals surface area contributed by atoms with Gasteiger partial charge in [0, 0.05) is 26.9 Å². The molecule has 2 heterocycles. The standard InChI is InChI=1S/C23H16BrClN2O3/c1-13-12-16(25)9-10-18(13)27-20(17-4-2-3-11-26-17)19(22(29)23(27)30)21(28)14-5-7-15(24)8-6-14/h2-12,20,28H,1H3/b21-19+. The van der Waals surface area contributed by atoms with Crippen LogP contribution in [0, 0.1) is 6.92 Å². The molecule has 0 saturated carbocycles. The lowest BCUT2D eigenvalue weighted by molar-refractivity contribution is -0.132. The molecule has 3 aromatic rings. The molecule has 30 heavy (non-hydrogen) atoms. The second kappa shape index (κ2) is 8.05. The number of aryl methyl sites for hydroxylation is 1. The molecule has 1 N–H and O–H groups in total. The number of nitrogens with zero attached hydrogens (tertiary/aromatic N) is 2. The number of halogens is 2. The van der Waals surface area contributed by atoms with Gasteiger partial charge in [-0.1, -0.05) is 45.7 Å². The average molecular weight is 484 g/mol. The third-order valence-corrected chi connectivity index (χ3v) is 5.71. The van der Waals surface area contributed by atoms with Crippen molar-refractivity contribution in [2.24, 2.45) is 0 Å². The minimum atomic E-state index is -0.866. The first-order chi connectivity index (χ1) is 14.4. The maximum atomic E-state index is 13.1. The van der Waals surface area contributed by atoms with Crippen LogP contribution in [0.5, 0.6) is 0 Å². The molecule has 1 aliphatic heterocycles. The molecular formula is C23H16BrClN2O3. The Balaban J connectivity index is 1.96. The van der Waals surface area contributed by atoms with Gasteiger partial charge in [0.2, 0.25) is 0 Å². The molecule has 4 rings (SSSR count). The van der Waals surface area contributed by atoms with Gasteiger partial charge in [0.05, 0.1) is 11.3 Å². The van der Waals surface area contributed by atoms with E-state index in [-0.39, 0.29) is 11.3 Å². The summed E-state index contributed by atoms with van der Waals surface area (Å²) in [6, 6.07) is 16.3. The first kappa shape index (κ1) is 20.3. The Morgan fingerprint density at radius 2 is 1.83 bits per heavy atom. The summed E-state index contributed by atoms with van der Waals surface area (Å²) in [5.41, 5.74) is 2.17. The molecule has 1 unspecified atom stereocenters. The van der Waals surface area contributed by atoms with Gasteiger partial charge >= 0.3 is 0 Å². The summed E-state index contributed by atoms with van der Waals surface area (Å²) in [5.74, 6) is -1.74. The number of hydrogen-bond acceptors (Lipinski definition) is 4. The molecule has 0 bridgehead atoms. The molecule has 7 heteroatoms. The number of aromatic nitrogens is 1. The number of ketones is 1. The van der Waals surface area contributed by atoms with Gasteiger partial charge in [-0.3, -0.25) is 19.5 Å². The van der Waals surface area contributed by atoms with Crippen molar-refractivity contribution in [1.82, 2.24) is 4.98 Å². The molecule has 1 aliphatic rings. The van der Waals surface area contributed by atoms with E-state index in [1.165, 1.54) is 4.90 Å². The zero-order valence-electron chi connectivity index (χ0n) is 15.8. The molecule has 1 aromatic heterocycles. The lowest BCUT2D eigenvalue weighted by Crippen LogP contribution is -2.30. The molecular weight excluding hydrogens is 468 g/mol. The van der Waals surface area contributed by atoms with Gasteiger partial charge < -0.3 is 5.11 Å². The fraction of sp³-hybridized carbons (Fsp3) is 0.0870. The highest BCUT2D eigenvalue weighted by molar-refractivity contribution is 9.10. The third-order valence-electron chi connectivity index (χ3n) is 4.95. The fourth-order valence-electron chi connectivity index (χ4n) is 3.55. The number of aliphatic hydroxyl groups excluding tert-OH is 1. The van der Waals surface area contributed by atoms with Crippen molar-refractivity contribution < 1.29 is 14.7 Å². The van der Waals surface area contributed by atoms with Crippen LogP contribution >= 0.6 is 27.5 Å². The topological polar surface area (TPSA) is 70.5 Å². The van der Waals surface area contributed by atoms with Gasteiger partial charge in [0.25, 0.3) is 11.7 Å². The number of pyridine rings is 1. The van der Waals surface area contributed by atoms with Crippen LogP contribution in [0.2, 0.25) is 5.02 Å². The van der Waals surface area contributed by atoms with Crippen molar-refractivity contribution in [3.8, 4) is 0 Å². The van der Waals surface area contributed by atoms with Gasteiger partial charge in [0.15, 0.2) is 0 Å². The van der Waals surface area contributed by atoms with E-state index in [0.29, 0.717) is 22.0 Å². The minimum Gasteiger partial charge on any atom is -0.507 e. The number of anilines is 1. The summed E-state index contributed by atoms with van der Waals surface area (Å²) in [6.45, 7) is 1.81. The van der Waals surface area contributed by atoms with Crippen LogP contribution < -0.4 is 4.90 Å². The SMILES string of the molecule is Cc1cc(Cl)ccc1N1C(=O)C(=O)/C(=C(/O)c2ccc(Br)cc2)C1c1ccccn1. The number of aliphatic hydroxyl groups is 1. The summed E-state index contributed by atoms with van der Waals surface area (Å²) in [4.78, 5) is 31.9. The van der Waals surface area contributed by atoms with Crippen molar-refractivity contribution in [1.29, 1.82) is 0 Å². The molecule has 1 amide bonds. The van der Waals surface area contributed by atoms with Gasteiger partial charge in [0.1, 0.15) is 11.8 Å². The number of hydrogen-bond donors (Lipinski definition) is 1. The van der Waals surface area contributed by atoms with Crippen molar-refractivity contribution in [2.75, 3.05) is 4.90 Å². The summed E-state index contributed by atoms with van der Waals surface area (Å²) < 4.78 is 0.831. The van der Waals surface area contributed by atoms with Gasteiger partial charge in [-0.05, 0) is 55.0 Å². The summed E-state index contributed by atoms with van der Waals surface area (Å²) in [5, 5.41) is 11.5. The van der Waals surface area contributed by atoms with E-state index < -0.39 is 17.7 Å². The maximum absolute atomic E-state index is 13.1. The minimum absolute atomic E-state index is 0.00428. The van der Waals surface area contributed by atoms with Gasteiger partial charge in [-0.2, -0.15) is 0 Å². The number of amides is 1. The second-order valence-electron chi connectivity index (χ2n) is 6.86. The van der Waals surface area contributed by atoms with E-state index >= 15 is 0 Å². The van der Waals surface area contributed by atoms with Gasteiger partial charge in [-0.15, -0.1) is 0 Å². The van der Waals surface area contributed by atoms with Crippen LogP contribution in [0.1, 0.15) is 22.9 Å². The van der Waals surface area contributed by atoms with E-state index in [0.717, 1.165) is 10.0 Å². The summed E-state index contributed by atoms with van der Waals surface area (Å²) >= 11 is 9.43. The maximum Gasteiger partial charge on any atom is 0.300 e. The first-order valence-electron chi connectivity index (χ1n) is 9.12. The number of Topliss-reactive ketones (excluding diaryl/α,β-unsaturated/α-hetero) is 1. The van der Waals surface area contributed by atoms with Crippen LogP contribution in [0.25, 0.3) is 5.76 Å². The molecule has 0 aliphatic carbocycles. The normalized spacial score (nSPS) is 18.1. The number of rotatable bonds is 3. The Kier molecular flexibility index (Phi) is 5.45. The predicted octanol–water partition coefficient (Wildman–Crippen LogP) is 5.43. The van der Waals surface area contributed by atoms with E-state index in [4.69, 9.17) is 11.6 Å². The Bertz CT molecular complexity index is 1180. The van der Waals surface area contributed by atoms with Crippen molar-refractivity contribution in [3.63, 3.8) is 0 Å². The summed E-state index contributed by atoms with van der Waals surface area (Å²) in [6.07, 6.45) is 1.59. The molecule has 1 atom stereocenters. The largest absolute Gasteiger partial charge is 0.507 e. The highest BCUT2D eigenvalue weighted by atomic mass is 79.9. The highest BCUT2D eigenvalue weighted by Gasteiger charge is 2.48. The lowest BCUT2D eigenvalue weighted by atomic mass is 9.98. The van der Waals surface area contributed by atoms with E-state index in [2.05, 4.69) is 20.9 Å². The van der Waals surface area contributed by atoms with E-state index in [1.54, 1.807) is 66.9 Å². The predicted molar refractivity (Wildman–Crippen MR) is 119 cm³/mol. The monoisotopic (exact) mass is 482 g/mol. The number of carbonyl (C=O) groups excluding carboxylic acids is 2. The fourth-order valence-corrected chi connectivity index (χ4v) is 4.04. The zero-order valence-corrected chi connectivity index (χ0v) is 18.2. The van der Waals surface area contributed by atoms with Gasteiger partial charge in [-0.25, -0.2) is 0 Å². The van der Waals surface area contributed by atoms with Crippen LogP contribution in [0.4, 0.5) is 5.69 Å². The van der Waals surface area contributed by atoms with Crippen LogP contribution in [0.15, 0.2) is 76.9 Å². The number of carbonyl (C=O) groups is 2. The van der Waals surface area contributed by atoms with Crippen molar-refractivity contribution in [2.45, 2.75) is 13.0 Å². The van der Waals surface area contributed by atoms with Crippen molar-refractivity contribution >= 4 is 50.7 Å². The quantitative estimate of drug-likeness (QED) is 0.306. The van der Waals surface area contributed by atoms with Crippen LogP contribution in [-0.4, -0.2) is 21.8 Å². The molecule has 0 radical (unpaired) electrons. The number of benzene rings is 2. The van der Waals surface area contributed by atoms with Crippen LogP contribution in [0.3, 0.4) is 0 Å².